The van der Waals surface area contributed by atoms with Crippen LogP contribution in [0.4, 0.5) is 5.69 Å². The van der Waals surface area contributed by atoms with Crippen LogP contribution in [0.25, 0.3) is 0 Å². The Hall–Kier alpha value is -0.620. The smallest absolute Gasteiger partial charge is 0.217 e. The largest absolute Gasteiger partial charge is 1.00 e. The average molecular weight is 334 g/mol. The van der Waals surface area contributed by atoms with E-state index in [1.807, 2.05) is 0 Å². The first-order valence-corrected chi connectivity index (χ1v) is 5.05. The lowest BCUT2D eigenvalue weighted by molar-refractivity contribution is -0.119. The summed E-state index contributed by atoms with van der Waals surface area (Å²) in [5.74, 6) is 0.00526. The van der Waals surface area contributed by atoms with E-state index in [-0.39, 0.29) is 29.9 Å². The zero-order valence-electron chi connectivity index (χ0n) is 10.2. The average Bonchev–Trinajstić information content (AvgIpc) is 2.14. The summed E-state index contributed by atoms with van der Waals surface area (Å²) < 4.78 is 0.806. The fourth-order valence-corrected chi connectivity index (χ4v) is 1.29. The Morgan fingerprint density at radius 2 is 1.69 bits per heavy atom. The molecule has 0 aromatic heterocycles. The number of carbonyl (C=O) groups is 1. The number of nitrogens with zero attached hydrogens (tertiary/aromatic N) is 1. The second-order valence-corrected chi connectivity index (χ2v) is 4.59. The maximum atomic E-state index is 10.7. The van der Waals surface area contributed by atoms with E-state index in [9.17, 15) is 4.79 Å². The molecular formula is C12H19IN2O. The Bertz CT molecular complexity index is 341. The molecule has 1 aromatic carbocycles. The molecule has 0 heterocycles. The summed E-state index contributed by atoms with van der Waals surface area (Å²) in [6, 6.07) is 8.29. The van der Waals surface area contributed by atoms with E-state index >= 15 is 0 Å². The van der Waals surface area contributed by atoms with Gasteiger partial charge in [-0.1, -0.05) is 12.1 Å². The molecule has 1 N–H and O–H groups in total. The fourth-order valence-electron chi connectivity index (χ4n) is 1.29. The van der Waals surface area contributed by atoms with Gasteiger partial charge in [-0.3, -0.25) is 9.28 Å². The first-order chi connectivity index (χ1) is 6.89. The van der Waals surface area contributed by atoms with Gasteiger partial charge in [-0.05, 0) is 17.7 Å². The topological polar surface area (TPSA) is 29.1 Å². The number of nitrogens with one attached hydrogen (secondary N) is 1. The molecule has 16 heavy (non-hydrogen) atoms. The number of hydrogen-bond donors (Lipinski definition) is 1. The van der Waals surface area contributed by atoms with E-state index in [1.165, 1.54) is 12.6 Å². The van der Waals surface area contributed by atoms with E-state index in [4.69, 9.17) is 0 Å². The number of carbonyl (C=O) groups excluding carboxylic acids is 1. The molecule has 4 heteroatoms. The predicted octanol–water partition coefficient (Wildman–Crippen LogP) is -1.48. The van der Waals surface area contributed by atoms with Crippen molar-refractivity contribution in [2.45, 2.75) is 13.5 Å². The van der Waals surface area contributed by atoms with Gasteiger partial charge >= 0.3 is 0 Å². The molecule has 0 aliphatic carbocycles. The lowest BCUT2D eigenvalue weighted by Crippen LogP contribution is -3.00. The number of benzene rings is 1. The minimum atomic E-state index is 0. The quantitative estimate of drug-likeness (QED) is 0.531. The third-order valence-corrected chi connectivity index (χ3v) is 2.25. The van der Waals surface area contributed by atoms with E-state index in [1.54, 1.807) is 0 Å². The molecule has 0 aliphatic heterocycles. The van der Waals surface area contributed by atoms with E-state index in [0.29, 0.717) is 6.54 Å². The number of quaternary nitrogens is 1. The Balaban J connectivity index is 0.00000225. The third-order valence-electron chi connectivity index (χ3n) is 2.25. The van der Waals surface area contributed by atoms with Crippen molar-refractivity contribution in [1.82, 2.24) is 9.80 Å². The molecule has 90 valence electrons. The lowest BCUT2D eigenvalue weighted by atomic mass is 10.2. The maximum Gasteiger partial charge on any atom is 0.217 e. The van der Waals surface area contributed by atoms with Gasteiger partial charge in [0, 0.05) is 13.5 Å². The minimum Gasteiger partial charge on any atom is -1.00 e. The second-order valence-electron chi connectivity index (χ2n) is 4.59. The molecule has 0 bridgehead atoms. The normalized spacial score (nSPS) is 10.5. The molecule has 0 saturated carbocycles. The van der Waals surface area contributed by atoms with Gasteiger partial charge in [0.2, 0.25) is 5.91 Å². The zero-order valence-corrected chi connectivity index (χ0v) is 12.4. The summed E-state index contributed by atoms with van der Waals surface area (Å²) in [6.45, 7) is 2.13. The summed E-state index contributed by atoms with van der Waals surface area (Å²) in [5.41, 5.74) is 2.38. The molecule has 0 unspecified atom stereocenters. The first kappa shape index (κ1) is 15.4. The number of hydrogen-bond acceptors (Lipinski definition) is 1. The zero-order chi connectivity index (χ0) is 11.5. The van der Waals surface area contributed by atoms with Gasteiger partial charge in [-0.25, -0.2) is 0 Å². The van der Waals surface area contributed by atoms with Crippen LogP contribution < -0.4 is 33.8 Å². The summed E-state index contributed by atoms with van der Waals surface area (Å²) in [5, 5.41) is 2.78. The van der Waals surface area contributed by atoms with Crippen molar-refractivity contribution in [3.63, 3.8) is 0 Å². The Labute approximate surface area is 114 Å². The van der Waals surface area contributed by atoms with Gasteiger partial charge in [0.1, 0.15) is 5.69 Å². The van der Waals surface area contributed by atoms with Crippen molar-refractivity contribution in [2.75, 3.05) is 21.1 Å². The number of halogens is 1. The summed E-state index contributed by atoms with van der Waals surface area (Å²) in [6.07, 6.45) is 0. The van der Waals surface area contributed by atoms with Crippen LogP contribution in [-0.4, -0.2) is 27.1 Å². The van der Waals surface area contributed by atoms with Gasteiger partial charge in [0.15, 0.2) is 0 Å². The monoisotopic (exact) mass is 334 g/mol. The minimum absolute atomic E-state index is 0. The van der Waals surface area contributed by atoms with Crippen LogP contribution in [0.1, 0.15) is 12.5 Å². The van der Waals surface area contributed by atoms with Gasteiger partial charge in [-0.2, -0.15) is 0 Å². The molecule has 0 aliphatic rings. The van der Waals surface area contributed by atoms with Crippen LogP contribution in [-0.2, 0) is 11.3 Å². The summed E-state index contributed by atoms with van der Waals surface area (Å²) in [7, 11) is 6.38. The third kappa shape index (κ3) is 4.94. The van der Waals surface area contributed by atoms with Crippen molar-refractivity contribution in [3.05, 3.63) is 29.8 Å². The predicted molar refractivity (Wildman–Crippen MR) is 63.5 cm³/mol. The van der Waals surface area contributed by atoms with Crippen LogP contribution in [0.3, 0.4) is 0 Å². The van der Waals surface area contributed by atoms with E-state index in [0.717, 1.165) is 10.0 Å². The molecule has 3 nitrogen and oxygen atoms in total. The highest BCUT2D eigenvalue weighted by molar-refractivity contribution is 5.72. The molecule has 0 saturated heterocycles. The van der Waals surface area contributed by atoms with Crippen LogP contribution in [0, 0.1) is 0 Å². The standard InChI is InChI=1S/C12H18N2O.HI/c1-10(15)13-9-11-5-7-12(8-6-11)14(2,3)4;/h5-8H,9H2,1-4H3;1H. The highest BCUT2D eigenvalue weighted by Crippen LogP contribution is 2.16. The molecule has 0 radical (unpaired) electrons. The molecule has 1 aromatic rings. The van der Waals surface area contributed by atoms with E-state index in [2.05, 4.69) is 50.7 Å². The van der Waals surface area contributed by atoms with Crippen molar-refractivity contribution in [2.24, 2.45) is 0 Å². The Kier molecular flexibility index (Phi) is 5.96. The molecule has 1 amide bonds. The molecular weight excluding hydrogens is 315 g/mol. The van der Waals surface area contributed by atoms with Gasteiger partial charge in [0.25, 0.3) is 0 Å². The SMILES string of the molecule is CC(=O)NCc1ccc([N+](C)(C)C)cc1.[I-]. The fraction of sp³-hybridized carbons (Fsp3) is 0.417. The molecule has 0 spiro atoms. The van der Waals surface area contributed by atoms with E-state index < -0.39 is 0 Å². The Morgan fingerprint density at radius 3 is 2.06 bits per heavy atom. The van der Waals surface area contributed by atoms with Crippen LogP contribution in [0.2, 0.25) is 0 Å². The Morgan fingerprint density at radius 1 is 1.19 bits per heavy atom. The van der Waals surface area contributed by atoms with Crippen LogP contribution in [0.15, 0.2) is 24.3 Å². The van der Waals surface area contributed by atoms with Crippen LogP contribution >= 0.6 is 0 Å². The van der Waals surface area contributed by atoms with Gasteiger partial charge < -0.3 is 29.3 Å². The summed E-state index contributed by atoms with van der Waals surface area (Å²) in [4.78, 5) is 10.7. The number of rotatable bonds is 3. The van der Waals surface area contributed by atoms with Crippen molar-refractivity contribution in [1.29, 1.82) is 0 Å². The molecule has 0 atom stereocenters. The molecule has 1 rings (SSSR count). The van der Waals surface area contributed by atoms with Crippen molar-refractivity contribution < 1.29 is 28.8 Å². The highest BCUT2D eigenvalue weighted by Gasteiger charge is 2.10. The maximum absolute atomic E-state index is 10.7. The second kappa shape index (κ2) is 6.20. The lowest BCUT2D eigenvalue weighted by Gasteiger charge is -2.23. The highest BCUT2D eigenvalue weighted by atomic mass is 127. The molecule has 0 fully saturated rings. The number of amides is 1. The van der Waals surface area contributed by atoms with Crippen LogP contribution in [0.5, 0.6) is 0 Å². The van der Waals surface area contributed by atoms with Crippen molar-refractivity contribution >= 4 is 11.6 Å². The van der Waals surface area contributed by atoms with Crippen molar-refractivity contribution in [3.8, 4) is 0 Å². The summed E-state index contributed by atoms with van der Waals surface area (Å²) >= 11 is 0. The van der Waals surface area contributed by atoms with Gasteiger partial charge in [-0.15, -0.1) is 0 Å². The first-order valence-electron chi connectivity index (χ1n) is 5.05. The van der Waals surface area contributed by atoms with Gasteiger partial charge in [0.05, 0.1) is 21.1 Å².